The minimum absolute atomic E-state index is 0.0388. The summed E-state index contributed by atoms with van der Waals surface area (Å²) in [6.45, 7) is 9.98. The van der Waals surface area contributed by atoms with Crippen molar-refractivity contribution in [3.63, 3.8) is 0 Å². The fourth-order valence-electron chi connectivity index (χ4n) is 3.96. The molecule has 3 heterocycles. The van der Waals surface area contributed by atoms with Gasteiger partial charge in [0.2, 0.25) is 11.5 Å². The lowest BCUT2D eigenvalue weighted by Gasteiger charge is -2.22. The fraction of sp³-hybridized carbons (Fsp3) is 0.385. The molecule has 0 unspecified atom stereocenters. The Morgan fingerprint density at radius 1 is 1.11 bits per heavy atom. The second kappa shape index (κ2) is 10.7. The molecule has 0 spiro atoms. The van der Waals surface area contributed by atoms with E-state index in [0.29, 0.717) is 23.1 Å². The molecule has 2 aromatic heterocycles. The van der Waals surface area contributed by atoms with Crippen molar-refractivity contribution in [2.75, 3.05) is 32.2 Å². The zero-order valence-electron chi connectivity index (χ0n) is 21.6. The van der Waals surface area contributed by atoms with Crippen LogP contribution >= 0.6 is 0 Å². The van der Waals surface area contributed by atoms with Crippen molar-refractivity contribution in [1.29, 1.82) is 0 Å². The number of methoxy groups -OCH3 is 2. The first kappa shape index (κ1) is 25.0. The van der Waals surface area contributed by atoms with Gasteiger partial charge in [-0.2, -0.15) is 0 Å². The van der Waals surface area contributed by atoms with E-state index in [0.717, 1.165) is 48.6 Å². The number of benzene rings is 1. The Labute approximate surface area is 210 Å². The molecule has 0 N–H and O–H groups in total. The van der Waals surface area contributed by atoms with Gasteiger partial charge >= 0.3 is 5.97 Å². The van der Waals surface area contributed by atoms with Gasteiger partial charge in [-0.15, -0.1) is 15.0 Å². The first-order chi connectivity index (χ1) is 17.4. The number of carbonyl (C=O) groups is 1. The second-order valence-electron chi connectivity index (χ2n) is 8.46. The molecular formula is C26H31N7O3. The van der Waals surface area contributed by atoms with Gasteiger partial charge in [0, 0.05) is 13.1 Å². The van der Waals surface area contributed by atoms with Crippen molar-refractivity contribution in [3.8, 4) is 17.1 Å². The van der Waals surface area contributed by atoms with Gasteiger partial charge in [-0.05, 0) is 51.5 Å². The van der Waals surface area contributed by atoms with Crippen LogP contribution in [0.4, 0.5) is 11.5 Å². The molecule has 0 saturated carbocycles. The number of pyridine rings is 1. The number of ether oxygens (including phenoxy) is 2. The molecule has 0 saturated heterocycles. The fourth-order valence-corrected chi connectivity index (χ4v) is 3.96. The molecule has 10 nitrogen and oxygen atoms in total. The first-order valence-electron chi connectivity index (χ1n) is 12.0. The third-order valence-electron chi connectivity index (χ3n) is 5.96. The van der Waals surface area contributed by atoms with Crippen molar-refractivity contribution >= 4 is 28.9 Å². The first-order valence-corrected chi connectivity index (χ1v) is 12.0. The Morgan fingerprint density at radius 2 is 1.92 bits per heavy atom. The van der Waals surface area contributed by atoms with Crippen LogP contribution in [0, 0.1) is 13.8 Å². The summed E-state index contributed by atoms with van der Waals surface area (Å²) in [5, 5.41) is 8.83. The highest BCUT2D eigenvalue weighted by Crippen LogP contribution is 2.30. The van der Waals surface area contributed by atoms with Gasteiger partial charge in [0.25, 0.3) is 0 Å². The maximum Gasteiger partial charge on any atom is 0.361 e. The smallest absolute Gasteiger partial charge is 0.361 e. The monoisotopic (exact) mass is 489 g/mol. The molecular weight excluding hydrogens is 458 g/mol. The molecule has 1 aliphatic heterocycles. The maximum absolute atomic E-state index is 12.5. The van der Waals surface area contributed by atoms with Crippen LogP contribution in [0.1, 0.15) is 43.8 Å². The third-order valence-corrected chi connectivity index (χ3v) is 5.96. The molecule has 10 heteroatoms. The molecule has 4 rings (SSSR count). The third kappa shape index (κ3) is 4.84. The van der Waals surface area contributed by atoms with Gasteiger partial charge in [0.15, 0.2) is 5.82 Å². The van der Waals surface area contributed by atoms with Crippen molar-refractivity contribution < 1.29 is 14.3 Å². The van der Waals surface area contributed by atoms with Crippen molar-refractivity contribution in [2.45, 2.75) is 40.5 Å². The quantitative estimate of drug-likeness (QED) is 0.416. The summed E-state index contributed by atoms with van der Waals surface area (Å²) in [6.07, 6.45) is 2.22. The predicted octanol–water partition coefficient (Wildman–Crippen LogP) is 4.10. The van der Waals surface area contributed by atoms with E-state index in [1.807, 2.05) is 44.2 Å². The van der Waals surface area contributed by atoms with Crippen LogP contribution in [-0.4, -0.2) is 64.6 Å². The minimum Gasteiger partial charge on any atom is -0.496 e. The standard InChI is InChI=1S/C26H31N7O3/c1-7-9-14-32(8-2)21-13-11-19(17(4)27-21)28-22-23(26(34)36-6)30-33-25(22)29-24(31-33)18-15-16(3)10-12-20(18)35-5/h10-13,15H,7-9,14H2,1-6H3/b28-22-. The molecule has 1 aromatic carbocycles. The Hall–Kier alpha value is -4.08. The molecule has 0 aliphatic carbocycles. The van der Waals surface area contributed by atoms with E-state index in [9.17, 15) is 4.79 Å². The maximum atomic E-state index is 12.5. The lowest BCUT2D eigenvalue weighted by Crippen LogP contribution is -2.25. The SMILES string of the molecule is CCCCN(CC)c1ccc(/N=C2/C(C(=O)OC)=Nn3nc(-c4cc(C)ccc4OC)nc32)c(C)n1. The zero-order valence-corrected chi connectivity index (χ0v) is 21.6. The summed E-state index contributed by atoms with van der Waals surface area (Å²) >= 11 is 0. The van der Waals surface area contributed by atoms with Crippen LogP contribution in [0.5, 0.6) is 5.75 Å². The van der Waals surface area contributed by atoms with E-state index in [2.05, 4.69) is 33.9 Å². The van der Waals surface area contributed by atoms with E-state index in [-0.39, 0.29) is 11.4 Å². The number of esters is 1. The summed E-state index contributed by atoms with van der Waals surface area (Å²) in [7, 11) is 2.90. The summed E-state index contributed by atoms with van der Waals surface area (Å²) in [5.74, 6) is 1.69. The van der Waals surface area contributed by atoms with Gasteiger partial charge < -0.3 is 14.4 Å². The second-order valence-corrected chi connectivity index (χ2v) is 8.46. The van der Waals surface area contributed by atoms with Gasteiger partial charge in [0.05, 0.1) is 31.2 Å². The normalized spacial score (nSPS) is 13.5. The summed E-state index contributed by atoms with van der Waals surface area (Å²) in [6, 6.07) is 9.61. The number of rotatable bonds is 9. The molecule has 188 valence electrons. The number of unbranched alkanes of at least 4 members (excludes halogenated alkanes) is 1. The minimum atomic E-state index is -0.616. The van der Waals surface area contributed by atoms with Crippen LogP contribution in [0.25, 0.3) is 11.4 Å². The van der Waals surface area contributed by atoms with Crippen LogP contribution in [0.3, 0.4) is 0 Å². The molecule has 0 bridgehead atoms. The predicted molar refractivity (Wildman–Crippen MR) is 140 cm³/mol. The Bertz CT molecular complexity index is 1340. The van der Waals surface area contributed by atoms with Crippen molar-refractivity contribution in [1.82, 2.24) is 19.9 Å². The summed E-state index contributed by atoms with van der Waals surface area (Å²) < 4.78 is 10.4. The van der Waals surface area contributed by atoms with Gasteiger partial charge in [-0.25, -0.2) is 19.8 Å². The van der Waals surface area contributed by atoms with Crippen LogP contribution < -0.4 is 9.64 Å². The lowest BCUT2D eigenvalue weighted by molar-refractivity contribution is -0.132. The van der Waals surface area contributed by atoms with E-state index in [1.165, 1.54) is 11.9 Å². The van der Waals surface area contributed by atoms with E-state index >= 15 is 0 Å². The number of aliphatic imine (C=N–C) groups is 1. The molecule has 1 aliphatic rings. The van der Waals surface area contributed by atoms with Gasteiger partial charge in [-0.1, -0.05) is 25.0 Å². The highest BCUT2D eigenvalue weighted by molar-refractivity contribution is 6.69. The molecule has 0 atom stereocenters. The highest BCUT2D eigenvalue weighted by Gasteiger charge is 2.33. The number of hydrogen-bond acceptors (Lipinski definition) is 9. The molecule has 0 radical (unpaired) electrons. The Morgan fingerprint density at radius 3 is 2.58 bits per heavy atom. The number of aryl methyl sites for hydroxylation is 2. The number of nitrogens with zero attached hydrogens (tertiary/aromatic N) is 7. The van der Waals surface area contributed by atoms with Crippen molar-refractivity contribution in [2.24, 2.45) is 10.1 Å². The molecule has 0 amide bonds. The highest BCUT2D eigenvalue weighted by atomic mass is 16.5. The average molecular weight is 490 g/mol. The molecule has 3 aromatic rings. The topological polar surface area (TPSA) is 107 Å². The van der Waals surface area contributed by atoms with Crippen LogP contribution in [-0.2, 0) is 9.53 Å². The Balaban J connectivity index is 1.76. The largest absolute Gasteiger partial charge is 0.496 e. The zero-order chi connectivity index (χ0) is 25.8. The number of fused-ring (bicyclic) bond motifs is 1. The van der Waals surface area contributed by atoms with E-state index in [1.54, 1.807) is 7.11 Å². The van der Waals surface area contributed by atoms with E-state index in [4.69, 9.17) is 19.5 Å². The van der Waals surface area contributed by atoms with Crippen LogP contribution in [0.15, 0.2) is 40.4 Å². The number of anilines is 1. The van der Waals surface area contributed by atoms with Gasteiger partial charge in [-0.3, -0.25) is 0 Å². The van der Waals surface area contributed by atoms with Crippen molar-refractivity contribution in [3.05, 3.63) is 47.4 Å². The summed E-state index contributed by atoms with van der Waals surface area (Å²) in [4.78, 5) is 30.2. The Kier molecular flexibility index (Phi) is 7.42. The molecule has 0 fully saturated rings. The van der Waals surface area contributed by atoms with Gasteiger partial charge in [0.1, 0.15) is 17.3 Å². The average Bonchev–Trinajstić information content (AvgIpc) is 3.44. The van der Waals surface area contributed by atoms with Crippen LogP contribution in [0.2, 0.25) is 0 Å². The van der Waals surface area contributed by atoms with E-state index < -0.39 is 5.97 Å². The lowest BCUT2D eigenvalue weighted by atomic mass is 10.1. The number of aromatic nitrogens is 4. The number of carbonyl (C=O) groups excluding carboxylic acids is 1. The molecule has 36 heavy (non-hydrogen) atoms. The summed E-state index contributed by atoms with van der Waals surface area (Å²) in [5.41, 5.74) is 3.43. The number of hydrogen-bond donors (Lipinski definition) is 0.